The quantitative estimate of drug-likeness (QED) is 0.820. The van der Waals surface area contributed by atoms with Crippen molar-refractivity contribution in [3.8, 4) is 0 Å². The van der Waals surface area contributed by atoms with Crippen LogP contribution in [0.5, 0.6) is 0 Å². The average Bonchev–Trinajstić information content (AvgIpc) is 2.20. The first kappa shape index (κ1) is 12.6. The highest BCUT2D eigenvalue weighted by Gasteiger charge is 2.17. The van der Waals surface area contributed by atoms with E-state index in [1.54, 1.807) is 0 Å². The molecule has 0 saturated carbocycles. The zero-order valence-corrected chi connectivity index (χ0v) is 10.3. The summed E-state index contributed by atoms with van der Waals surface area (Å²) in [6.45, 7) is 5.43. The molecular weight excluding hydrogens is 231 g/mol. The molecule has 2 nitrogen and oxygen atoms in total. The van der Waals surface area contributed by atoms with E-state index in [2.05, 4.69) is 29.3 Å². The molecule has 0 spiro atoms. The number of benzene rings is 1. The summed E-state index contributed by atoms with van der Waals surface area (Å²) in [5.74, 6) is 0. The van der Waals surface area contributed by atoms with Gasteiger partial charge in [-0.25, -0.2) is 0 Å². The van der Waals surface area contributed by atoms with E-state index in [1.807, 2.05) is 12.1 Å². The van der Waals surface area contributed by atoms with Crippen molar-refractivity contribution in [3.05, 3.63) is 29.3 Å². The Morgan fingerprint density at radius 2 is 2.00 bits per heavy atom. The summed E-state index contributed by atoms with van der Waals surface area (Å²) in [5.41, 5.74) is 1.27. The Morgan fingerprint density at radius 1 is 1.33 bits per heavy atom. The van der Waals surface area contributed by atoms with Gasteiger partial charge < -0.3 is 10.2 Å². The molecule has 0 bridgehead atoms. The van der Waals surface area contributed by atoms with Crippen molar-refractivity contribution in [1.82, 2.24) is 5.32 Å². The fourth-order valence-electron chi connectivity index (χ4n) is 1.86. The lowest BCUT2D eigenvalue weighted by atomic mass is 10.2. The number of piperazine rings is 1. The third kappa shape index (κ3) is 3.00. The number of hydrogen-bond donors (Lipinski definition) is 1. The van der Waals surface area contributed by atoms with Gasteiger partial charge in [0.25, 0.3) is 0 Å². The molecule has 0 unspecified atom stereocenters. The Labute approximate surface area is 102 Å². The molecule has 1 aromatic carbocycles. The van der Waals surface area contributed by atoms with Gasteiger partial charge in [-0.1, -0.05) is 11.6 Å². The maximum absolute atomic E-state index is 5.86. The van der Waals surface area contributed by atoms with E-state index in [9.17, 15) is 0 Å². The minimum atomic E-state index is 0. The molecule has 0 amide bonds. The maximum atomic E-state index is 5.86. The fraction of sp³-hybridized carbons (Fsp3) is 0.455. The molecule has 4 heteroatoms. The van der Waals surface area contributed by atoms with Crippen LogP contribution in [0, 0.1) is 0 Å². The zero-order chi connectivity index (χ0) is 9.97. The van der Waals surface area contributed by atoms with E-state index < -0.39 is 0 Å². The SMILES string of the molecule is C[C@H]1CNCCN1c1ccc(Cl)cc1.Cl. The number of nitrogens with one attached hydrogen (secondary N) is 1. The first-order valence-corrected chi connectivity index (χ1v) is 5.38. The molecule has 1 atom stereocenters. The number of hydrogen-bond acceptors (Lipinski definition) is 2. The second-order valence-electron chi connectivity index (χ2n) is 3.72. The lowest BCUT2D eigenvalue weighted by Crippen LogP contribution is -2.49. The number of rotatable bonds is 1. The molecular formula is C11H16Cl2N2. The van der Waals surface area contributed by atoms with Crippen LogP contribution in [-0.4, -0.2) is 25.7 Å². The molecule has 1 N–H and O–H groups in total. The van der Waals surface area contributed by atoms with Gasteiger partial charge >= 0.3 is 0 Å². The molecule has 1 aliphatic rings. The van der Waals surface area contributed by atoms with Crippen molar-refractivity contribution < 1.29 is 0 Å². The predicted molar refractivity (Wildman–Crippen MR) is 68.4 cm³/mol. The van der Waals surface area contributed by atoms with Crippen LogP contribution < -0.4 is 10.2 Å². The van der Waals surface area contributed by atoms with Crippen molar-refractivity contribution >= 4 is 29.7 Å². The number of nitrogens with zero attached hydrogens (tertiary/aromatic N) is 1. The molecule has 0 radical (unpaired) electrons. The van der Waals surface area contributed by atoms with Crippen LogP contribution in [0.3, 0.4) is 0 Å². The summed E-state index contributed by atoms with van der Waals surface area (Å²) >= 11 is 5.86. The third-order valence-corrected chi connectivity index (χ3v) is 2.91. The Kier molecular flexibility index (Phi) is 4.71. The lowest BCUT2D eigenvalue weighted by Gasteiger charge is -2.35. The summed E-state index contributed by atoms with van der Waals surface area (Å²) in [5, 5.41) is 4.18. The van der Waals surface area contributed by atoms with Gasteiger partial charge in [-0.2, -0.15) is 0 Å². The van der Waals surface area contributed by atoms with E-state index in [0.717, 1.165) is 24.7 Å². The molecule has 0 aromatic heterocycles. The summed E-state index contributed by atoms with van der Waals surface area (Å²) in [6, 6.07) is 8.64. The highest BCUT2D eigenvalue weighted by molar-refractivity contribution is 6.30. The second-order valence-corrected chi connectivity index (χ2v) is 4.16. The highest BCUT2D eigenvalue weighted by Crippen LogP contribution is 2.20. The molecule has 0 aliphatic carbocycles. The van der Waals surface area contributed by atoms with Crippen LogP contribution in [0.4, 0.5) is 5.69 Å². The van der Waals surface area contributed by atoms with Crippen LogP contribution in [0.1, 0.15) is 6.92 Å². The van der Waals surface area contributed by atoms with Crippen molar-refractivity contribution in [1.29, 1.82) is 0 Å². The van der Waals surface area contributed by atoms with Crippen LogP contribution in [0.25, 0.3) is 0 Å². The second kappa shape index (κ2) is 5.59. The lowest BCUT2D eigenvalue weighted by molar-refractivity contribution is 0.501. The van der Waals surface area contributed by atoms with Gasteiger partial charge in [0.05, 0.1) is 0 Å². The summed E-state index contributed by atoms with van der Waals surface area (Å²) in [6.07, 6.45) is 0. The first-order chi connectivity index (χ1) is 6.77. The van der Waals surface area contributed by atoms with Crippen molar-refractivity contribution in [2.45, 2.75) is 13.0 Å². The molecule has 1 aliphatic heterocycles. The monoisotopic (exact) mass is 246 g/mol. The van der Waals surface area contributed by atoms with E-state index in [-0.39, 0.29) is 12.4 Å². The predicted octanol–water partition coefficient (Wildman–Crippen LogP) is 2.56. The van der Waals surface area contributed by atoms with Crippen LogP contribution >= 0.6 is 24.0 Å². The normalized spacial score (nSPS) is 20.9. The van der Waals surface area contributed by atoms with Gasteiger partial charge in [-0.05, 0) is 31.2 Å². The number of halogens is 2. The molecule has 1 heterocycles. The summed E-state index contributed by atoms with van der Waals surface area (Å²) in [4.78, 5) is 2.41. The van der Waals surface area contributed by atoms with Gasteiger partial charge in [0.15, 0.2) is 0 Å². The van der Waals surface area contributed by atoms with E-state index in [0.29, 0.717) is 6.04 Å². The minimum Gasteiger partial charge on any atom is -0.366 e. The van der Waals surface area contributed by atoms with Crippen LogP contribution in [-0.2, 0) is 0 Å². The maximum Gasteiger partial charge on any atom is 0.0407 e. The van der Waals surface area contributed by atoms with Crippen molar-refractivity contribution in [3.63, 3.8) is 0 Å². The Hall–Kier alpha value is -0.440. The minimum absolute atomic E-state index is 0. The first-order valence-electron chi connectivity index (χ1n) is 5.00. The Balaban J connectivity index is 0.00000112. The molecule has 1 fully saturated rings. The van der Waals surface area contributed by atoms with Gasteiger partial charge in [0, 0.05) is 36.4 Å². The smallest absolute Gasteiger partial charge is 0.0407 e. The van der Waals surface area contributed by atoms with Gasteiger partial charge in [0.2, 0.25) is 0 Å². The van der Waals surface area contributed by atoms with Crippen molar-refractivity contribution in [2.75, 3.05) is 24.5 Å². The van der Waals surface area contributed by atoms with E-state index in [1.165, 1.54) is 5.69 Å². The van der Waals surface area contributed by atoms with Crippen LogP contribution in [0.2, 0.25) is 5.02 Å². The van der Waals surface area contributed by atoms with Crippen LogP contribution in [0.15, 0.2) is 24.3 Å². The van der Waals surface area contributed by atoms with Gasteiger partial charge in [-0.15, -0.1) is 12.4 Å². The fourth-order valence-corrected chi connectivity index (χ4v) is 1.98. The third-order valence-electron chi connectivity index (χ3n) is 2.66. The summed E-state index contributed by atoms with van der Waals surface area (Å²) < 4.78 is 0. The summed E-state index contributed by atoms with van der Waals surface area (Å²) in [7, 11) is 0. The Bertz CT molecular complexity index is 300. The Morgan fingerprint density at radius 3 is 2.60 bits per heavy atom. The van der Waals surface area contributed by atoms with Gasteiger partial charge in [-0.3, -0.25) is 0 Å². The van der Waals surface area contributed by atoms with E-state index >= 15 is 0 Å². The molecule has 15 heavy (non-hydrogen) atoms. The van der Waals surface area contributed by atoms with Gasteiger partial charge in [0.1, 0.15) is 0 Å². The topological polar surface area (TPSA) is 15.3 Å². The van der Waals surface area contributed by atoms with Crippen molar-refractivity contribution in [2.24, 2.45) is 0 Å². The molecule has 1 aromatic rings. The number of anilines is 1. The molecule has 2 rings (SSSR count). The zero-order valence-electron chi connectivity index (χ0n) is 8.74. The average molecular weight is 247 g/mol. The largest absolute Gasteiger partial charge is 0.366 e. The highest BCUT2D eigenvalue weighted by atomic mass is 35.5. The molecule has 1 saturated heterocycles. The van der Waals surface area contributed by atoms with E-state index in [4.69, 9.17) is 11.6 Å². The molecule has 84 valence electrons. The standard InChI is InChI=1S/C11H15ClN2.ClH/c1-9-8-13-6-7-14(9)11-4-2-10(12)3-5-11;/h2-5,9,13H,6-8H2,1H3;1H/t9-;/m0./s1.